The molecule has 0 saturated carbocycles. The third kappa shape index (κ3) is 5.54. The number of fused-ring (bicyclic) bond motifs is 4. The molecule has 12 nitrogen and oxygen atoms in total. The van der Waals surface area contributed by atoms with Crippen LogP contribution in [0.2, 0.25) is 0 Å². The molecule has 0 bridgehead atoms. The molecule has 16 heteroatoms. The fourth-order valence-corrected chi connectivity index (χ4v) is 7.76. The zero-order chi connectivity index (χ0) is 33.0. The first-order chi connectivity index (χ1) is 21.8. The number of hydrogen-bond acceptors (Lipinski definition) is 9. The summed E-state index contributed by atoms with van der Waals surface area (Å²) >= 11 is 0. The molecule has 46 heavy (non-hydrogen) atoms. The molecule has 1 N–H and O–H groups in total. The number of aryl methyl sites for hydroxylation is 2. The summed E-state index contributed by atoms with van der Waals surface area (Å²) in [5.74, 6) is -2.86. The van der Waals surface area contributed by atoms with Gasteiger partial charge in [-0.25, -0.2) is 13.4 Å². The number of ether oxygens (including phenoxy) is 1. The number of carbonyl (C=O) groups is 1. The molecule has 1 aromatic carbocycles. The first-order valence-corrected chi connectivity index (χ1v) is 15.7. The Morgan fingerprint density at radius 1 is 1.22 bits per heavy atom. The lowest BCUT2D eigenvalue weighted by Gasteiger charge is -2.36. The van der Waals surface area contributed by atoms with Gasteiger partial charge in [0.1, 0.15) is 16.8 Å². The molecule has 240 valence electrons. The number of carboxylic acid groups (broad SMARTS) is 1. The Kier molecular flexibility index (Phi) is 7.95. The van der Waals surface area contributed by atoms with Gasteiger partial charge in [-0.3, -0.25) is 9.20 Å². The number of nitrogens with zero attached hydrogens (tertiary/aromatic N) is 7. The lowest BCUT2D eigenvalue weighted by molar-refractivity contribution is -0.145. The third-order valence-electron chi connectivity index (χ3n) is 8.49. The number of pyridine rings is 2. The number of aliphatic carboxylic acids is 1. The Hall–Kier alpha value is -4.59. The molecule has 3 aromatic heterocycles. The molecule has 0 aliphatic carbocycles. The van der Waals surface area contributed by atoms with Crippen LogP contribution in [-0.4, -0.2) is 75.7 Å². The van der Waals surface area contributed by atoms with Crippen molar-refractivity contribution in [3.05, 3.63) is 81.9 Å². The van der Waals surface area contributed by atoms with E-state index in [0.29, 0.717) is 35.4 Å². The Morgan fingerprint density at radius 2 is 2.00 bits per heavy atom. The van der Waals surface area contributed by atoms with E-state index in [2.05, 4.69) is 15.2 Å². The number of hydrogen-bond donors (Lipinski definition) is 1. The first-order valence-electron chi connectivity index (χ1n) is 14.3. The fourth-order valence-electron chi connectivity index (χ4n) is 6.13. The Labute approximate surface area is 261 Å². The molecule has 0 unspecified atom stereocenters. The van der Waals surface area contributed by atoms with Crippen molar-refractivity contribution < 1.29 is 36.2 Å². The Morgan fingerprint density at radius 3 is 2.72 bits per heavy atom. The standard InChI is InChI=1S/C30H28F3N7O5S/c1-17-3-4-20(24(11-26(41)42)23-5-6-40-27(18(23)2)36-37-29(40)30(31,32)33)10-21(17)14-38-15-22-16-45-8-7-39(22)28-25(46(38,43)44)9-19(12-34)13-35-28/h3-6,9-10,13,22,24H,7-8,11,14-16H2,1-2H3,(H,41,42)/t22-,24-/m0/s1. The number of sulfonamides is 1. The summed E-state index contributed by atoms with van der Waals surface area (Å²) in [6.45, 7) is 4.46. The van der Waals surface area contributed by atoms with Gasteiger partial charge in [0.05, 0.1) is 31.2 Å². The SMILES string of the molecule is Cc1ccc([C@H](CC(=O)O)c2ccn3c(C(F)(F)F)nnc3c2C)cc1CN1C[C@H]2COCCN2c2ncc(C#N)cc2S1(=O)=O. The topological polar surface area (TPSA) is 154 Å². The minimum atomic E-state index is -4.74. The number of benzene rings is 1. The molecule has 1 saturated heterocycles. The monoisotopic (exact) mass is 655 g/mol. The van der Waals surface area contributed by atoms with Crippen molar-refractivity contribution in [3.8, 4) is 6.07 Å². The predicted molar refractivity (Wildman–Crippen MR) is 157 cm³/mol. The smallest absolute Gasteiger partial charge is 0.452 e. The van der Waals surface area contributed by atoms with Gasteiger partial charge in [-0.05, 0) is 53.8 Å². The highest BCUT2D eigenvalue weighted by molar-refractivity contribution is 7.89. The van der Waals surface area contributed by atoms with Gasteiger partial charge in [0.15, 0.2) is 5.65 Å². The zero-order valence-electron chi connectivity index (χ0n) is 24.7. The number of rotatable bonds is 6. The van der Waals surface area contributed by atoms with E-state index < -0.39 is 33.9 Å². The van der Waals surface area contributed by atoms with Crippen LogP contribution in [0.4, 0.5) is 19.0 Å². The number of morpholine rings is 1. The van der Waals surface area contributed by atoms with E-state index in [0.717, 1.165) is 9.96 Å². The highest BCUT2D eigenvalue weighted by Crippen LogP contribution is 2.37. The quantitative estimate of drug-likeness (QED) is 0.326. The van der Waals surface area contributed by atoms with Crippen molar-refractivity contribution in [1.82, 2.24) is 23.9 Å². The van der Waals surface area contributed by atoms with E-state index in [1.54, 1.807) is 32.0 Å². The number of aromatic nitrogens is 4. The summed E-state index contributed by atoms with van der Waals surface area (Å²) in [7, 11) is -4.15. The summed E-state index contributed by atoms with van der Waals surface area (Å²) in [6.07, 6.45) is -2.60. The predicted octanol–water partition coefficient (Wildman–Crippen LogP) is 3.65. The number of carboxylic acids is 1. The Bertz CT molecular complexity index is 2010. The summed E-state index contributed by atoms with van der Waals surface area (Å²) in [5.41, 5.74) is 2.73. The van der Waals surface area contributed by atoms with Crippen molar-refractivity contribution in [1.29, 1.82) is 5.26 Å². The van der Waals surface area contributed by atoms with Crippen molar-refractivity contribution >= 4 is 27.5 Å². The van der Waals surface area contributed by atoms with E-state index in [4.69, 9.17) is 4.74 Å². The van der Waals surface area contributed by atoms with Gasteiger partial charge in [-0.2, -0.15) is 22.7 Å². The second-order valence-corrected chi connectivity index (χ2v) is 13.2. The van der Waals surface area contributed by atoms with Crippen LogP contribution in [0, 0.1) is 25.2 Å². The van der Waals surface area contributed by atoms with Crippen LogP contribution in [0.25, 0.3) is 5.65 Å². The third-order valence-corrected chi connectivity index (χ3v) is 10.3. The normalized spacial score (nSPS) is 18.8. The van der Waals surface area contributed by atoms with Gasteiger partial charge in [0.25, 0.3) is 0 Å². The van der Waals surface area contributed by atoms with Gasteiger partial charge in [-0.15, -0.1) is 10.2 Å². The van der Waals surface area contributed by atoms with Crippen molar-refractivity contribution in [2.75, 3.05) is 31.2 Å². The maximum absolute atomic E-state index is 14.1. The summed E-state index contributed by atoms with van der Waals surface area (Å²) < 4.78 is 76.5. The summed E-state index contributed by atoms with van der Waals surface area (Å²) in [6, 6.07) is 9.59. The molecule has 2 aliphatic rings. The van der Waals surface area contributed by atoms with E-state index in [1.165, 1.54) is 28.8 Å². The molecule has 1 fully saturated rings. The molecule has 2 aliphatic heterocycles. The Balaban J connectivity index is 1.41. The minimum absolute atomic E-state index is 0.0496. The van der Waals surface area contributed by atoms with Crippen LogP contribution < -0.4 is 4.90 Å². The van der Waals surface area contributed by atoms with Gasteiger partial charge >= 0.3 is 12.1 Å². The molecule has 5 heterocycles. The highest BCUT2D eigenvalue weighted by Gasteiger charge is 2.40. The van der Waals surface area contributed by atoms with Crippen molar-refractivity contribution in [2.24, 2.45) is 0 Å². The molecular formula is C30H28F3N7O5S. The maximum Gasteiger partial charge on any atom is 0.452 e. The molecular weight excluding hydrogens is 627 g/mol. The highest BCUT2D eigenvalue weighted by atomic mass is 32.2. The fraction of sp³-hybridized carbons (Fsp3) is 0.367. The van der Waals surface area contributed by atoms with Gasteiger partial charge in [-0.1, -0.05) is 18.2 Å². The van der Waals surface area contributed by atoms with Gasteiger partial charge in [0.2, 0.25) is 15.8 Å². The molecule has 0 amide bonds. The van der Waals surface area contributed by atoms with Gasteiger partial charge < -0.3 is 14.7 Å². The van der Waals surface area contributed by atoms with Crippen LogP contribution in [0.15, 0.2) is 47.6 Å². The molecule has 4 aromatic rings. The number of anilines is 1. The van der Waals surface area contributed by atoms with Crippen LogP contribution in [-0.2, 0) is 32.3 Å². The molecule has 6 rings (SSSR count). The first kappa shape index (κ1) is 31.4. The van der Waals surface area contributed by atoms with Crippen molar-refractivity contribution in [3.63, 3.8) is 0 Å². The zero-order valence-corrected chi connectivity index (χ0v) is 25.5. The number of halogens is 3. The molecule has 0 spiro atoms. The minimum Gasteiger partial charge on any atom is -0.481 e. The van der Waals surface area contributed by atoms with Crippen LogP contribution >= 0.6 is 0 Å². The average molecular weight is 656 g/mol. The van der Waals surface area contributed by atoms with Crippen LogP contribution in [0.1, 0.15) is 51.5 Å². The van der Waals surface area contributed by atoms with E-state index in [1.807, 2.05) is 11.0 Å². The van der Waals surface area contributed by atoms with E-state index >= 15 is 0 Å². The lowest BCUT2D eigenvalue weighted by Crippen LogP contribution is -2.50. The van der Waals surface area contributed by atoms with E-state index in [-0.39, 0.29) is 54.1 Å². The molecule has 0 radical (unpaired) electrons. The lowest BCUT2D eigenvalue weighted by atomic mass is 9.85. The van der Waals surface area contributed by atoms with Crippen LogP contribution in [0.3, 0.4) is 0 Å². The molecule has 2 atom stereocenters. The summed E-state index contributed by atoms with van der Waals surface area (Å²) in [4.78, 5) is 18.2. The maximum atomic E-state index is 14.1. The number of alkyl halides is 3. The summed E-state index contributed by atoms with van der Waals surface area (Å²) in [5, 5.41) is 26.3. The van der Waals surface area contributed by atoms with Crippen LogP contribution in [0.5, 0.6) is 0 Å². The van der Waals surface area contributed by atoms with E-state index in [9.17, 15) is 36.8 Å². The van der Waals surface area contributed by atoms with Gasteiger partial charge in [0, 0.05) is 37.9 Å². The average Bonchev–Trinajstić information content (AvgIpc) is 3.44. The number of nitriles is 1. The van der Waals surface area contributed by atoms with Crippen molar-refractivity contribution in [2.45, 2.75) is 49.8 Å². The second kappa shape index (κ2) is 11.6. The largest absolute Gasteiger partial charge is 0.481 e. The second-order valence-electron chi connectivity index (χ2n) is 11.3.